The van der Waals surface area contributed by atoms with E-state index >= 15 is 0 Å². The lowest BCUT2D eigenvalue weighted by atomic mass is 10.1. The fourth-order valence-corrected chi connectivity index (χ4v) is 4.34. The van der Waals surface area contributed by atoms with Crippen LogP contribution < -0.4 is 10.2 Å². The van der Waals surface area contributed by atoms with Crippen LogP contribution in [0.4, 0.5) is 5.69 Å². The molecule has 124 valence electrons. The minimum absolute atomic E-state index is 1.06. The lowest BCUT2D eigenvalue weighted by Gasteiger charge is -2.31. The molecule has 4 heteroatoms. The zero-order chi connectivity index (χ0) is 16.4. The summed E-state index contributed by atoms with van der Waals surface area (Å²) >= 11 is 1.87. The van der Waals surface area contributed by atoms with Gasteiger partial charge in [-0.25, -0.2) is 0 Å². The minimum atomic E-state index is 1.06. The third-order valence-electron chi connectivity index (χ3n) is 4.66. The van der Waals surface area contributed by atoms with E-state index in [0.29, 0.717) is 0 Å². The van der Waals surface area contributed by atoms with Crippen LogP contribution in [0.1, 0.15) is 12.5 Å². The number of aryl methyl sites for hydroxylation is 1. The van der Waals surface area contributed by atoms with Gasteiger partial charge in [0.2, 0.25) is 0 Å². The average molecular weight is 337 g/mol. The van der Waals surface area contributed by atoms with Gasteiger partial charge in [0.25, 0.3) is 0 Å². The van der Waals surface area contributed by atoms with Crippen LogP contribution in [0.15, 0.2) is 58.5 Å². The summed E-state index contributed by atoms with van der Waals surface area (Å²) in [6.45, 7) is 6.51. The Morgan fingerprint density at radius 3 is 2.71 bits per heavy atom. The number of nitrogens with one attached hydrogen (secondary N) is 2. The van der Waals surface area contributed by atoms with Crippen LogP contribution in [-0.4, -0.2) is 31.2 Å². The molecule has 24 heavy (non-hydrogen) atoms. The van der Waals surface area contributed by atoms with E-state index in [4.69, 9.17) is 0 Å². The first-order valence-corrected chi connectivity index (χ1v) is 9.49. The van der Waals surface area contributed by atoms with E-state index < -0.39 is 0 Å². The zero-order valence-electron chi connectivity index (χ0n) is 14.0. The summed E-state index contributed by atoms with van der Waals surface area (Å²) in [5.41, 5.74) is 3.99. The first kappa shape index (κ1) is 15.6. The van der Waals surface area contributed by atoms with Gasteiger partial charge in [-0.15, -0.1) is 0 Å². The SMILES string of the molecule is CCc1ccc(Sc2c[nH]c3ccccc23)c(N2CCNCC2)c1. The quantitative estimate of drug-likeness (QED) is 0.744. The smallest absolute Gasteiger partial charge is 0.0511 e. The molecule has 1 fully saturated rings. The second-order valence-corrected chi connectivity index (χ2v) is 7.28. The molecule has 2 heterocycles. The number of fused-ring (bicyclic) bond motifs is 1. The lowest BCUT2D eigenvalue weighted by molar-refractivity contribution is 0.586. The normalized spacial score (nSPS) is 15.1. The number of para-hydroxylation sites is 1. The first-order valence-electron chi connectivity index (χ1n) is 8.67. The standard InChI is InChI=1S/C20H23N3S/c1-2-15-7-8-19(18(13-15)23-11-9-21-10-12-23)24-20-14-22-17-6-4-3-5-16(17)20/h3-8,13-14,21-22H,2,9-12H2,1H3. The number of hydrogen-bond acceptors (Lipinski definition) is 3. The van der Waals surface area contributed by atoms with Gasteiger partial charge in [-0.3, -0.25) is 0 Å². The number of hydrogen-bond donors (Lipinski definition) is 2. The van der Waals surface area contributed by atoms with Crippen molar-refractivity contribution in [3.63, 3.8) is 0 Å². The van der Waals surface area contributed by atoms with E-state index in [-0.39, 0.29) is 0 Å². The van der Waals surface area contributed by atoms with Gasteiger partial charge < -0.3 is 15.2 Å². The van der Waals surface area contributed by atoms with Crippen molar-refractivity contribution in [1.29, 1.82) is 0 Å². The molecule has 3 nitrogen and oxygen atoms in total. The molecule has 0 saturated carbocycles. The minimum Gasteiger partial charge on any atom is -0.368 e. The maximum absolute atomic E-state index is 3.45. The third kappa shape index (κ3) is 3.04. The maximum Gasteiger partial charge on any atom is 0.0511 e. The summed E-state index contributed by atoms with van der Waals surface area (Å²) < 4.78 is 0. The molecule has 0 spiro atoms. The van der Waals surface area contributed by atoms with Crippen LogP contribution in [-0.2, 0) is 6.42 Å². The van der Waals surface area contributed by atoms with E-state index in [1.54, 1.807) is 0 Å². The molecule has 0 atom stereocenters. The van der Waals surface area contributed by atoms with Crippen molar-refractivity contribution in [1.82, 2.24) is 10.3 Å². The van der Waals surface area contributed by atoms with Gasteiger partial charge in [0.15, 0.2) is 0 Å². The lowest BCUT2D eigenvalue weighted by Crippen LogP contribution is -2.43. The van der Waals surface area contributed by atoms with Crippen LogP contribution in [0, 0.1) is 0 Å². The van der Waals surface area contributed by atoms with E-state index in [1.165, 1.54) is 31.9 Å². The molecular formula is C20H23N3S. The van der Waals surface area contributed by atoms with Crippen molar-refractivity contribution in [2.45, 2.75) is 23.1 Å². The maximum atomic E-state index is 3.45. The fourth-order valence-electron chi connectivity index (χ4n) is 3.27. The first-order chi connectivity index (χ1) is 11.8. The summed E-state index contributed by atoms with van der Waals surface area (Å²) in [6.07, 6.45) is 3.21. The second kappa shape index (κ2) is 6.91. The number of rotatable bonds is 4. The molecule has 1 saturated heterocycles. The molecule has 0 unspecified atom stereocenters. The Morgan fingerprint density at radius 1 is 1.04 bits per heavy atom. The summed E-state index contributed by atoms with van der Waals surface area (Å²) in [7, 11) is 0. The molecule has 1 aliphatic rings. The molecule has 0 radical (unpaired) electrons. The molecule has 2 N–H and O–H groups in total. The predicted molar refractivity (Wildman–Crippen MR) is 103 cm³/mol. The highest BCUT2D eigenvalue weighted by Crippen LogP contribution is 2.39. The van der Waals surface area contributed by atoms with Crippen molar-refractivity contribution in [3.05, 3.63) is 54.2 Å². The number of aromatic amines is 1. The molecule has 3 aromatic rings. The van der Waals surface area contributed by atoms with Crippen LogP contribution in [0.25, 0.3) is 10.9 Å². The highest BCUT2D eigenvalue weighted by Gasteiger charge is 2.16. The summed E-state index contributed by atoms with van der Waals surface area (Å²) in [4.78, 5) is 8.55. The van der Waals surface area contributed by atoms with Gasteiger partial charge >= 0.3 is 0 Å². The Kier molecular flexibility index (Phi) is 4.50. The summed E-state index contributed by atoms with van der Waals surface area (Å²) in [5.74, 6) is 0. The molecule has 4 rings (SSSR count). The van der Waals surface area contributed by atoms with Gasteiger partial charge in [0, 0.05) is 53.1 Å². The highest BCUT2D eigenvalue weighted by molar-refractivity contribution is 7.99. The van der Waals surface area contributed by atoms with Gasteiger partial charge in [-0.1, -0.05) is 43.0 Å². The molecular weight excluding hydrogens is 314 g/mol. The predicted octanol–water partition coefficient (Wildman–Crippen LogP) is 4.29. The van der Waals surface area contributed by atoms with E-state index in [1.807, 2.05) is 11.8 Å². The summed E-state index contributed by atoms with van der Waals surface area (Å²) in [5, 5.41) is 4.75. The zero-order valence-corrected chi connectivity index (χ0v) is 14.8. The number of nitrogens with zero attached hydrogens (tertiary/aromatic N) is 1. The van der Waals surface area contributed by atoms with E-state index in [0.717, 1.165) is 32.6 Å². The number of H-pyrrole nitrogens is 1. The van der Waals surface area contributed by atoms with Crippen molar-refractivity contribution < 1.29 is 0 Å². The third-order valence-corrected chi connectivity index (χ3v) is 5.78. The average Bonchev–Trinajstić information content (AvgIpc) is 3.06. The number of piperazine rings is 1. The Hall–Kier alpha value is -1.91. The van der Waals surface area contributed by atoms with E-state index in [9.17, 15) is 0 Å². The van der Waals surface area contributed by atoms with Crippen molar-refractivity contribution >= 4 is 28.4 Å². The van der Waals surface area contributed by atoms with Crippen LogP contribution in [0.5, 0.6) is 0 Å². The van der Waals surface area contributed by atoms with Gasteiger partial charge in [-0.2, -0.15) is 0 Å². The van der Waals surface area contributed by atoms with Gasteiger partial charge in [0.05, 0.1) is 5.69 Å². The summed E-state index contributed by atoms with van der Waals surface area (Å²) in [6, 6.07) is 15.5. The highest BCUT2D eigenvalue weighted by atomic mass is 32.2. The Labute approximate surface area is 147 Å². The van der Waals surface area contributed by atoms with Crippen molar-refractivity contribution in [2.24, 2.45) is 0 Å². The van der Waals surface area contributed by atoms with Gasteiger partial charge in [0.1, 0.15) is 0 Å². The topological polar surface area (TPSA) is 31.1 Å². The largest absolute Gasteiger partial charge is 0.368 e. The molecule has 0 amide bonds. The molecule has 1 aromatic heterocycles. The van der Waals surface area contributed by atoms with Crippen molar-refractivity contribution in [3.8, 4) is 0 Å². The van der Waals surface area contributed by atoms with Crippen LogP contribution in [0.3, 0.4) is 0 Å². The molecule has 1 aliphatic heterocycles. The van der Waals surface area contributed by atoms with Crippen LogP contribution >= 0.6 is 11.8 Å². The molecule has 2 aromatic carbocycles. The fraction of sp³-hybridized carbons (Fsp3) is 0.300. The number of benzene rings is 2. The van der Waals surface area contributed by atoms with Crippen LogP contribution in [0.2, 0.25) is 0 Å². The number of aromatic nitrogens is 1. The molecule has 0 aliphatic carbocycles. The Morgan fingerprint density at radius 2 is 1.88 bits per heavy atom. The monoisotopic (exact) mass is 337 g/mol. The Bertz CT molecular complexity index is 834. The van der Waals surface area contributed by atoms with Crippen molar-refractivity contribution in [2.75, 3.05) is 31.1 Å². The second-order valence-electron chi connectivity index (χ2n) is 6.19. The Balaban J connectivity index is 1.71. The van der Waals surface area contributed by atoms with E-state index in [2.05, 4.69) is 70.8 Å². The molecule has 0 bridgehead atoms. The number of anilines is 1. The van der Waals surface area contributed by atoms with Gasteiger partial charge in [-0.05, 0) is 30.2 Å².